The van der Waals surface area contributed by atoms with Crippen LogP contribution in [0.2, 0.25) is 0 Å². The molecule has 1 N–H and O–H groups in total. The molecule has 98 valence electrons. The van der Waals surface area contributed by atoms with Crippen LogP contribution in [0.1, 0.15) is 5.56 Å². The monoisotopic (exact) mass is 262 g/mol. The van der Waals surface area contributed by atoms with E-state index in [4.69, 9.17) is 4.52 Å². The Balaban J connectivity index is 2.58. The van der Waals surface area contributed by atoms with Crippen molar-refractivity contribution < 1.29 is 9.05 Å². The van der Waals surface area contributed by atoms with Crippen LogP contribution in [-0.2, 0) is 6.54 Å². The summed E-state index contributed by atoms with van der Waals surface area (Å²) >= 11 is 0. The summed E-state index contributed by atoms with van der Waals surface area (Å²) in [5.74, 6) is 0. The second-order valence-electron chi connectivity index (χ2n) is 3.59. The number of hydrogen-bond donors (Lipinski definition) is 1. The second kappa shape index (κ2) is 5.67. The Morgan fingerprint density at radius 3 is 2.37 bits per heavy atom. The quantitative estimate of drug-likeness (QED) is 0.836. The van der Waals surface area contributed by atoms with Crippen LogP contribution in [0.3, 0.4) is 0 Å². The lowest BCUT2D eigenvalue weighted by Crippen LogP contribution is -2.23. The van der Waals surface area contributed by atoms with Crippen LogP contribution in [-0.4, -0.2) is 9.90 Å². The van der Waals surface area contributed by atoms with E-state index in [1.54, 1.807) is 24.3 Å². The Morgan fingerprint density at radius 1 is 0.947 bits per heavy atom. The van der Waals surface area contributed by atoms with E-state index in [0.717, 1.165) is 22.4 Å². The fraction of sp³-hybridized carbons (Fsp3) is 0.0833. The number of aromatic amines is 1. The number of rotatable bonds is 2. The second-order valence-corrected chi connectivity index (χ2v) is 3.59. The smallest absolute Gasteiger partial charge is 0.334 e. The first kappa shape index (κ1) is 12.6. The summed E-state index contributed by atoms with van der Waals surface area (Å²) in [5, 5.41) is 1.87. The minimum atomic E-state index is -0.869. The van der Waals surface area contributed by atoms with Crippen molar-refractivity contribution in [1.29, 1.82) is 0 Å². The molecule has 0 bridgehead atoms. The molecule has 0 saturated carbocycles. The third-order valence-electron chi connectivity index (χ3n) is 2.19. The Labute approximate surface area is 106 Å². The summed E-state index contributed by atoms with van der Waals surface area (Å²) in [6, 6.07) is 10.6. The molecule has 1 heterocycles. The first-order valence-electron chi connectivity index (χ1n) is 5.37. The summed E-state index contributed by atoms with van der Waals surface area (Å²) < 4.78 is 9.96. The molecule has 2 rings (SSSR count). The number of H-pyrrole nitrogens is 1. The lowest BCUT2D eigenvalue weighted by molar-refractivity contribution is 0.223. The van der Waals surface area contributed by atoms with Gasteiger partial charge in [-0.05, 0) is 5.56 Å². The first-order valence-corrected chi connectivity index (χ1v) is 5.37. The maximum absolute atomic E-state index is 11.6. The van der Waals surface area contributed by atoms with Gasteiger partial charge in [0, 0.05) is 12.1 Å². The van der Waals surface area contributed by atoms with Gasteiger partial charge in [-0.1, -0.05) is 30.3 Å². The Hall–Kier alpha value is -2.83. The van der Waals surface area contributed by atoms with Gasteiger partial charge in [0.1, 0.15) is 0 Å². The molecule has 0 fully saturated rings. The van der Waals surface area contributed by atoms with Gasteiger partial charge in [0.2, 0.25) is 0 Å². The van der Waals surface area contributed by atoms with Crippen molar-refractivity contribution in [2.45, 2.75) is 6.54 Å². The van der Waals surface area contributed by atoms with Crippen molar-refractivity contribution in [3.8, 4) is 0 Å². The van der Waals surface area contributed by atoms with Crippen molar-refractivity contribution in [2.75, 3.05) is 0 Å². The van der Waals surface area contributed by atoms with E-state index in [9.17, 15) is 14.4 Å². The van der Waals surface area contributed by atoms with E-state index in [0.29, 0.717) is 0 Å². The molecule has 0 spiro atoms. The fourth-order valence-corrected chi connectivity index (χ4v) is 1.35. The summed E-state index contributed by atoms with van der Waals surface area (Å²) in [6.07, 6.45) is 0. The van der Waals surface area contributed by atoms with Gasteiger partial charge in [-0.25, -0.2) is 14.4 Å². The SMILES string of the molecule is O=c1ccc(=O)on(Cc2ccccc2)c(=O)[nH]o1. The molecule has 0 unspecified atom stereocenters. The molecule has 0 amide bonds. The van der Waals surface area contributed by atoms with E-state index in [-0.39, 0.29) is 6.54 Å². The molecule has 0 aliphatic rings. The third kappa shape index (κ3) is 3.56. The number of nitrogens with one attached hydrogen (secondary N) is 1. The maximum Gasteiger partial charge on any atom is 0.384 e. The van der Waals surface area contributed by atoms with E-state index >= 15 is 0 Å². The highest BCUT2D eigenvalue weighted by atomic mass is 16.5. The summed E-state index contributed by atoms with van der Waals surface area (Å²) in [5.41, 5.74) is -1.81. The predicted octanol–water partition coefficient (Wildman–Crippen LogP) is 0.256. The Morgan fingerprint density at radius 2 is 1.63 bits per heavy atom. The molecular weight excluding hydrogens is 252 g/mol. The average Bonchev–Trinajstić information content (AvgIpc) is 2.47. The first-order chi connectivity index (χ1) is 9.15. The topological polar surface area (TPSA) is 98.2 Å². The van der Waals surface area contributed by atoms with E-state index in [2.05, 4.69) is 4.52 Å². The van der Waals surface area contributed by atoms with Gasteiger partial charge < -0.3 is 9.05 Å². The Bertz CT molecular complexity index is 765. The molecule has 0 saturated heterocycles. The van der Waals surface area contributed by atoms with Gasteiger partial charge in [0.15, 0.2) is 0 Å². The molecule has 2 aromatic rings. The van der Waals surface area contributed by atoms with Crippen molar-refractivity contribution in [1.82, 2.24) is 9.90 Å². The van der Waals surface area contributed by atoms with Gasteiger partial charge in [-0.3, -0.25) is 0 Å². The number of hydrogen-bond acceptors (Lipinski definition) is 5. The van der Waals surface area contributed by atoms with Crippen LogP contribution in [0.15, 0.2) is 65.9 Å². The molecule has 7 heteroatoms. The van der Waals surface area contributed by atoms with Gasteiger partial charge in [-0.15, -0.1) is 4.74 Å². The molecule has 7 nitrogen and oxygen atoms in total. The highest BCUT2D eigenvalue weighted by molar-refractivity contribution is 5.14. The number of benzene rings is 1. The molecule has 0 radical (unpaired) electrons. The molecule has 0 aliphatic carbocycles. The van der Waals surface area contributed by atoms with E-state index in [1.807, 2.05) is 11.2 Å². The van der Waals surface area contributed by atoms with Crippen molar-refractivity contribution in [3.63, 3.8) is 0 Å². The molecule has 0 aliphatic heterocycles. The predicted molar refractivity (Wildman–Crippen MR) is 65.3 cm³/mol. The lowest BCUT2D eigenvalue weighted by Gasteiger charge is -1.99. The average molecular weight is 262 g/mol. The van der Waals surface area contributed by atoms with E-state index in [1.165, 1.54) is 0 Å². The minimum Gasteiger partial charge on any atom is -0.334 e. The van der Waals surface area contributed by atoms with Crippen LogP contribution >= 0.6 is 0 Å². The van der Waals surface area contributed by atoms with Crippen molar-refractivity contribution in [2.24, 2.45) is 0 Å². The molecule has 19 heavy (non-hydrogen) atoms. The largest absolute Gasteiger partial charge is 0.384 e. The zero-order valence-corrected chi connectivity index (χ0v) is 9.74. The number of nitrogens with zero attached hydrogens (tertiary/aromatic N) is 1. The zero-order chi connectivity index (χ0) is 13.7. The van der Waals surface area contributed by atoms with Crippen LogP contribution in [0.4, 0.5) is 0 Å². The number of aromatic nitrogens is 2. The van der Waals surface area contributed by atoms with Crippen molar-refractivity contribution >= 4 is 0 Å². The Kier molecular flexibility index (Phi) is 3.77. The highest BCUT2D eigenvalue weighted by Gasteiger charge is 1.98. The van der Waals surface area contributed by atoms with Crippen LogP contribution in [0, 0.1) is 0 Å². The van der Waals surface area contributed by atoms with Gasteiger partial charge >= 0.3 is 16.9 Å². The molecule has 0 atom stereocenters. The van der Waals surface area contributed by atoms with E-state index < -0.39 is 16.9 Å². The summed E-state index contributed by atoms with van der Waals surface area (Å²) in [6.45, 7) is 0.0316. The van der Waals surface area contributed by atoms with Gasteiger partial charge in [0.25, 0.3) is 0 Å². The summed E-state index contributed by atoms with van der Waals surface area (Å²) in [7, 11) is 0. The fourth-order valence-electron chi connectivity index (χ4n) is 1.35. The molecular formula is C12H10N2O5. The van der Waals surface area contributed by atoms with Gasteiger partial charge in [0.05, 0.1) is 6.54 Å². The van der Waals surface area contributed by atoms with Gasteiger partial charge in [-0.2, -0.15) is 5.16 Å². The van der Waals surface area contributed by atoms with Crippen LogP contribution in [0.5, 0.6) is 0 Å². The molecule has 1 aromatic carbocycles. The van der Waals surface area contributed by atoms with Crippen LogP contribution < -0.4 is 16.9 Å². The third-order valence-corrected chi connectivity index (χ3v) is 2.19. The normalized spacial score (nSPS) is 9.89. The highest BCUT2D eigenvalue weighted by Crippen LogP contribution is 1.98. The van der Waals surface area contributed by atoms with Crippen molar-refractivity contribution in [3.05, 3.63) is 79.4 Å². The standard InChI is InChI=1S/C12H10N2O5/c15-10-6-7-11(16)19-14(12(17)13-18-10)8-9-4-2-1-3-5-9/h1-7H,8H2,(H,13,17). The zero-order valence-electron chi connectivity index (χ0n) is 9.74. The molecule has 1 aromatic heterocycles. The minimum absolute atomic E-state index is 0.0316. The summed E-state index contributed by atoms with van der Waals surface area (Å²) in [4.78, 5) is 34.0. The lowest BCUT2D eigenvalue weighted by atomic mass is 10.2. The van der Waals surface area contributed by atoms with Crippen LogP contribution in [0.25, 0.3) is 0 Å². The maximum atomic E-state index is 11.6.